The first-order valence-corrected chi connectivity index (χ1v) is 8.54. The standard InChI is InChI=1S/C17H34N2O2/c1-6-19(7-2)13-12-18-17(16(20)21-5)10-8-15(9-11-17)14(3)4/h14-15,18H,6-13H2,1-5H3. The predicted octanol–water partition coefficient (Wildman–Crippen LogP) is 2.68. The summed E-state index contributed by atoms with van der Waals surface area (Å²) in [6.07, 6.45) is 4.04. The van der Waals surface area contributed by atoms with Crippen LogP contribution in [0, 0.1) is 11.8 Å². The maximum Gasteiger partial charge on any atom is 0.326 e. The van der Waals surface area contributed by atoms with Gasteiger partial charge in [-0.2, -0.15) is 0 Å². The zero-order chi connectivity index (χ0) is 15.9. The number of carbonyl (C=O) groups is 1. The van der Waals surface area contributed by atoms with Crippen LogP contribution in [-0.2, 0) is 9.53 Å². The highest BCUT2D eigenvalue weighted by atomic mass is 16.5. The van der Waals surface area contributed by atoms with E-state index in [0.29, 0.717) is 5.92 Å². The van der Waals surface area contributed by atoms with Gasteiger partial charge in [0.25, 0.3) is 0 Å². The Hall–Kier alpha value is -0.610. The number of hydrogen-bond acceptors (Lipinski definition) is 4. The Kier molecular flexibility index (Phi) is 7.67. The number of methoxy groups -OCH3 is 1. The molecule has 124 valence electrons. The molecule has 0 aromatic heterocycles. The van der Waals surface area contributed by atoms with Gasteiger partial charge in [0.1, 0.15) is 5.54 Å². The molecule has 0 spiro atoms. The molecule has 0 unspecified atom stereocenters. The summed E-state index contributed by atoms with van der Waals surface area (Å²) >= 11 is 0. The third kappa shape index (κ3) is 4.96. The second-order valence-corrected chi connectivity index (χ2v) is 6.61. The molecule has 1 saturated carbocycles. The molecule has 0 aromatic carbocycles. The van der Waals surface area contributed by atoms with E-state index in [1.807, 2.05) is 0 Å². The van der Waals surface area contributed by atoms with Crippen LogP contribution in [0.3, 0.4) is 0 Å². The van der Waals surface area contributed by atoms with Crippen LogP contribution >= 0.6 is 0 Å². The first kappa shape index (κ1) is 18.4. The summed E-state index contributed by atoms with van der Waals surface area (Å²) in [5, 5.41) is 3.53. The van der Waals surface area contributed by atoms with Crippen molar-refractivity contribution in [3.8, 4) is 0 Å². The molecular weight excluding hydrogens is 264 g/mol. The fraction of sp³-hybridized carbons (Fsp3) is 0.941. The number of nitrogens with one attached hydrogen (secondary N) is 1. The highest BCUT2D eigenvalue weighted by molar-refractivity contribution is 5.80. The van der Waals surface area contributed by atoms with Crippen LogP contribution in [0.5, 0.6) is 0 Å². The van der Waals surface area contributed by atoms with Crippen molar-refractivity contribution in [2.75, 3.05) is 33.3 Å². The summed E-state index contributed by atoms with van der Waals surface area (Å²) in [7, 11) is 1.50. The quantitative estimate of drug-likeness (QED) is 0.700. The van der Waals surface area contributed by atoms with Crippen molar-refractivity contribution in [2.24, 2.45) is 11.8 Å². The molecule has 1 N–H and O–H groups in total. The minimum atomic E-state index is -0.451. The first-order chi connectivity index (χ1) is 9.99. The highest BCUT2D eigenvalue weighted by Crippen LogP contribution is 2.36. The molecule has 4 heteroatoms. The Morgan fingerprint density at radius 2 is 1.86 bits per heavy atom. The maximum atomic E-state index is 12.3. The van der Waals surface area contributed by atoms with E-state index in [-0.39, 0.29) is 5.97 Å². The minimum Gasteiger partial charge on any atom is -0.468 e. The molecule has 1 fully saturated rings. The number of carbonyl (C=O) groups excluding carboxylic acids is 1. The van der Waals surface area contributed by atoms with Gasteiger partial charge in [-0.3, -0.25) is 4.79 Å². The molecule has 0 aliphatic heterocycles. The van der Waals surface area contributed by atoms with Gasteiger partial charge in [-0.15, -0.1) is 0 Å². The van der Waals surface area contributed by atoms with Crippen molar-refractivity contribution in [1.82, 2.24) is 10.2 Å². The molecule has 0 saturated heterocycles. The third-order valence-electron chi connectivity index (χ3n) is 5.19. The fourth-order valence-corrected chi connectivity index (χ4v) is 3.44. The SMILES string of the molecule is CCN(CC)CCNC1(C(=O)OC)CCC(C(C)C)CC1. The van der Waals surface area contributed by atoms with Crippen LogP contribution in [0.4, 0.5) is 0 Å². The van der Waals surface area contributed by atoms with Gasteiger partial charge < -0.3 is 15.0 Å². The largest absolute Gasteiger partial charge is 0.468 e. The van der Waals surface area contributed by atoms with Gasteiger partial charge in [0.2, 0.25) is 0 Å². The molecule has 1 rings (SSSR count). The summed E-state index contributed by atoms with van der Waals surface area (Å²) in [5.41, 5.74) is -0.451. The Morgan fingerprint density at radius 3 is 2.29 bits per heavy atom. The van der Waals surface area contributed by atoms with Gasteiger partial charge in [0.05, 0.1) is 7.11 Å². The second-order valence-electron chi connectivity index (χ2n) is 6.61. The lowest BCUT2D eigenvalue weighted by atomic mass is 9.72. The summed E-state index contributed by atoms with van der Waals surface area (Å²) in [5.74, 6) is 1.37. The number of esters is 1. The Labute approximate surface area is 130 Å². The molecular formula is C17H34N2O2. The number of likely N-dealkylation sites (N-methyl/N-ethyl adjacent to an activating group) is 1. The number of rotatable bonds is 8. The Morgan fingerprint density at radius 1 is 1.29 bits per heavy atom. The lowest BCUT2D eigenvalue weighted by Gasteiger charge is -2.40. The van der Waals surface area contributed by atoms with Gasteiger partial charge in [-0.25, -0.2) is 0 Å². The summed E-state index contributed by atoms with van der Waals surface area (Å²) in [6.45, 7) is 12.9. The van der Waals surface area contributed by atoms with Crippen molar-refractivity contribution in [3.05, 3.63) is 0 Å². The lowest BCUT2D eigenvalue weighted by Crippen LogP contribution is -2.56. The van der Waals surface area contributed by atoms with E-state index in [0.717, 1.165) is 57.8 Å². The van der Waals surface area contributed by atoms with E-state index in [4.69, 9.17) is 4.74 Å². The van der Waals surface area contributed by atoms with Crippen molar-refractivity contribution in [2.45, 2.75) is 58.9 Å². The lowest BCUT2D eigenvalue weighted by molar-refractivity contribution is -0.150. The Balaban J connectivity index is 2.58. The molecule has 0 aromatic rings. The molecule has 4 nitrogen and oxygen atoms in total. The van der Waals surface area contributed by atoms with Gasteiger partial charge >= 0.3 is 5.97 Å². The summed E-state index contributed by atoms with van der Waals surface area (Å²) in [6, 6.07) is 0. The fourth-order valence-electron chi connectivity index (χ4n) is 3.44. The van der Waals surface area contributed by atoms with E-state index in [1.54, 1.807) is 0 Å². The molecule has 0 heterocycles. The van der Waals surface area contributed by atoms with Crippen LogP contribution < -0.4 is 5.32 Å². The minimum absolute atomic E-state index is 0.0794. The van der Waals surface area contributed by atoms with Crippen LogP contribution in [0.25, 0.3) is 0 Å². The first-order valence-electron chi connectivity index (χ1n) is 8.54. The second kappa shape index (κ2) is 8.74. The van der Waals surface area contributed by atoms with E-state index in [9.17, 15) is 4.79 Å². The highest BCUT2D eigenvalue weighted by Gasteiger charge is 2.42. The van der Waals surface area contributed by atoms with Crippen LogP contribution in [0.1, 0.15) is 53.4 Å². The number of hydrogen-bond donors (Lipinski definition) is 1. The molecule has 21 heavy (non-hydrogen) atoms. The molecule has 0 amide bonds. The number of ether oxygens (including phenoxy) is 1. The monoisotopic (exact) mass is 298 g/mol. The molecule has 0 bridgehead atoms. The van der Waals surface area contributed by atoms with E-state index in [1.165, 1.54) is 7.11 Å². The van der Waals surface area contributed by atoms with Crippen molar-refractivity contribution < 1.29 is 9.53 Å². The van der Waals surface area contributed by atoms with Gasteiger partial charge in [-0.1, -0.05) is 27.7 Å². The zero-order valence-electron chi connectivity index (χ0n) is 14.6. The van der Waals surface area contributed by atoms with E-state index < -0.39 is 5.54 Å². The zero-order valence-corrected chi connectivity index (χ0v) is 14.6. The Bertz CT molecular complexity index is 306. The average Bonchev–Trinajstić information content (AvgIpc) is 2.51. The van der Waals surface area contributed by atoms with E-state index in [2.05, 4.69) is 37.9 Å². The topological polar surface area (TPSA) is 41.6 Å². The van der Waals surface area contributed by atoms with Crippen molar-refractivity contribution in [1.29, 1.82) is 0 Å². The molecule has 0 radical (unpaired) electrons. The molecule has 1 aliphatic rings. The van der Waals surface area contributed by atoms with Crippen LogP contribution in [0.2, 0.25) is 0 Å². The predicted molar refractivity (Wildman–Crippen MR) is 87.3 cm³/mol. The van der Waals surface area contributed by atoms with Gasteiger partial charge in [-0.05, 0) is 50.6 Å². The smallest absolute Gasteiger partial charge is 0.326 e. The van der Waals surface area contributed by atoms with Crippen LogP contribution in [-0.4, -0.2) is 49.7 Å². The third-order valence-corrected chi connectivity index (χ3v) is 5.19. The summed E-state index contributed by atoms with van der Waals surface area (Å²) < 4.78 is 5.08. The van der Waals surface area contributed by atoms with Crippen LogP contribution in [0.15, 0.2) is 0 Å². The van der Waals surface area contributed by atoms with E-state index >= 15 is 0 Å². The maximum absolute atomic E-state index is 12.3. The normalized spacial score (nSPS) is 26.3. The van der Waals surface area contributed by atoms with Crippen molar-refractivity contribution >= 4 is 5.97 Å². The summed E-state index contributed by atoms with van der Waals surface area (Å²) in [4.78, 5) is 14.7. The van der Waals surface area contributed by atoms with Gasteiger partial charge in [0, 0.05) is 13.1 Å². The van der Waals surface area contributed by atoms with Crippen molar-refractivity contribution in [3.63, 3.8) is 0 Å². The van der Waals surface area contributed by atoms with Gasteiger partial charge in [0.15, 0.2) is 0 Å². The average molecular weight is 298 g/mol. The molecule has 1 aliphatic carbocycles. The number of nitrogens with zero attached hydrogens (tertiary/aromatic N) is 1. The molecule has 0 atom stereocenters.